The molecule has 1 atom stereocenters. The number of allylic oxidation sites excluding steroid dienone is 2. The van der Waals surface area contributed by atoms with Crippen LogP contribution in [0.1, 0.15) is 55.0 Å². The van der Waals surface area contributed by atoms with Gasteiger partial charge in [-0.1, -0.05) is 6.07 Å². The Bertz CT molecular complexity index is 957. The number of hydrogen-bond acceptors (Lipinski definition) is 7. The van der Waals surface area contributed by atoms with Crippen LogP contribution in [0.15, 0.2) is 47.2 Å². The van der Waals surface area contributed by atoms with Gasteiger partial charge in [0.1, 0.15) is 5.82 Å². The lowest BCUT2D eigenvalue weighted by Crippen LogP contribution is -2.06. The van der Waals surface area contributed by atoms with E-state index < -0.39 is 12.0 Å². The maximum Gasteiger partial charge on any atom is 0.305 e. The standard InChI is InChI=1S/C24H31N5O3/c1-32-22-11-9-18(16-28-22)21(15-23(30)31)26-14-12-19(25)6-4-7-20-10-8-17-5-2-3-13-27-24(17)29-20/h8-12,14,16,21H,2-7,13,15,25H2,1H3,(H,27,29)(H,30,31). The second kappa shape index (κ2) is 11.8. The molecule has 2 aromatic rings. The van der Waals surface area contributed by atoms with Crippen LogP contribution in [0.3, 0.4) is 0 Å². The first-order valence-corrected chi connectivity index (χ1v) is 11.0. The summed E-state index contributed by atoms with van der Waals surface area (Å²) in [6.45, 7) is 0.980. The molecular weight excluding hydrogens is 406 g/mol. The van der Waals surface area contributed by atoms with Crippen molar-refractivity contribution in [2.75, 3.05) is 19.0 Å². The lowest BCUT2D eigenvalue weighted by atomic mass is 10.1. The number of rotatable bonds is 10. The number of carbonyl (C=O) groups is 1. The van der Waals surface area contributed by atoms with Crippen molar-refractivity contribution in [3.05, 3.63) is 59.1 Å². The first kappa shape index (κ1) is 23.2. The molecule has 170 valence electrons. The van der Waals surface area contributed by atoms with Crippen molar-refractivity contribution < 1.29 is 14.6 Å². The third-order valence-electron chi connectivity index (χ3n) is 5.38. The van der Waals surface area contributed by atoms with E-state index >= 15 is 0 Å². The number of aliphatic imine (C=N–C) groups is 1. The molecule has 0 radical (unpaired) electrons. The number of fused-ring (bicyclic) bond motifs is 1. The van der Waals surface area contributed by atoms with Crippen LogP contribution in [0, 0.1) is 0 Å². The SMILES string of the molecule is COc1ccc(C(CC(=O)O)N=CC=C(N)CCCc2ccc3c(n2)NCCCC3)cn1. The molecule has 0 fully saturated rings. The van der Waals surface area contributed by atoms with E-state index in [-0.39, 0.29) is 6.42 Å². The van der Waals surface area contributed by atoms with E-state index in [0.29, 0.717) is 23.6 Å². The van der Waals surface area contributed by atoms with Crippen molar-refractivity contribution in [3.63, 3.8) is 0 Å². The summed E-state index contributed by atoms with van der Waals surface area (Å²) in [6, 6.07) is 7.21. The Morgan fingerprint density at radius 2 is 2.22 bits per heavy atom. The molecule has 3 rings (SSSR count). The van der Waals surface area contributed by atoms with Gasteiger partial charge in [0, 0.05) is 36.4 Å². The van der Waals surface area contributed by atoms with Gasteiger partial charge in [0.05, 0.1) is 19.6 Å². The Morgan fingerprint density at radius 1 is 1.34 bits per heavy atom. The normalized spacial score (nSPS) is 15.0. The van der Waals surface area contributed by atoms with Crippen LogP contribution >= 0.6 is 0 Å². The number of pyridine rings is 2. The Labute approximate surface area is 188 Å². The van der Waals surface area contributed by atoms with E-state index in [2.05, 4.69) is 27.4 Å². The lowest BCUT2D eigenvalue weighted by Gasteiger charge is -2.10. The van der Waals surface area contributed by atoms with E-state index in [1.165, 1.54) is 25.5 Å². The van der Waals surface area contributed by atoms with Gasteiger partial charge in [0.15, 0.2) is 0 Å². The van der Waals surface area contributed by atoms with E-state index in [4.69, 9.17) is 15.5 Å². The van der Waals surface area contributed by atoms with E-state index in [0.717, 1.165) is 37.3 Å². The van der Waals surface area contributed by atoms with Crippen molar-refractivity contribution in [3.8, 4) is 5.88 Å². The molecule has 0 bridgehead atoms. The van der Waals surface area contributed by atoms with Crippen LogP contribution in [0.2, 0.25) is 0 Å². The first-order chi connectivity index (χ1) is 15.5. The van der Waals surface area contributed by atoms with E-state index in [1.54, 1.807) is 30.6 Å². The number of aryl methyl sites for hydroxylation is 2. The minimum atomic E-state index is -0.928. The van der Waals surface area contributed by atoms with Gasteiger partial charge in [-0.2, -0.15) is 0 Å². The summed E-state index contributed by atoms with van der Waals surface area (Å²) in [6.07, 6.45) is 10.7. The van der Waals surface area contributed by atoms with Crippen molar-refractivity contribution in [1.29, 1.82) is 0 Å². The zero-order chi connectivity index (χ0) is 22.8. The van der Waals surface area contributed by atoms with Crippen molar-refractivity contribution in [1.82, 2.24) is 9.97 Å². The number of hydrogen-bond donors (Lipinski definition) is 3. The first-order valence-electron chi connectivity index (χ1n) is 11.0. The quantitative estimate of drug-likeness (QED) is 0.485. The monoisotopic (exact) mass is 437 g/mol. The van der Waals surface area contributed by atoms with Crippen molar-refractivity contribution in [2.24, 2.45) is 10.7 Å². The molecule has 0 aliphatic carbocycles. The minimum Gasteiger partial charge on any atom is -0.481 e. The van der Waals surface area contributed by atoms with Crippen LogP contribution in [0.5, 0.6) is 5.88 Å². The van der Waals surface area contributed by atoms with Crippen LogP contribution in [0.25, 0.3) is 0 Å². The maximum atomic E-state index is 11.2. The number of nitrogens with zero attached hydrogens (tertiary/aromatic N) is 3. The fourth-order valence-corrected chi connectivity index (χ4v) is 3.60. The predicted molar refractivity (Wildman–Crippen MR) is 125 cm³/mol. The molecule has 3 heterocycles. The molecule has 0 saturated carbocycles. The summed E-state index contributed by atoms with van der Waals surface area (Å²) in [5, 5.41) is 12.6. The van der Waals surface area contributed by atoms with Crippen LogP contribution < -0.4 is 15.8 Å². The molecule has 0 spiro atoms. The Balaban J connectivity index is 1.54. The van der Waals surface area contributed by atoms with Gasteiger partial charge in [-0.25, -0.2) is 9.97 Å². The van der Waals surface area contributed by atoms with Gasteiger partial charge in [0.2, 0.25) is 5.88 Å². The highest BCUT2D eigenvalue weighted by atomic mass is 16.5. The highest BCUT2D eigenvalue weighted by Gasteiger charge is 2.14. The summed E-state index contributed by atoms with van der Waals surface area (Å²) in [5.41, 5.74) is 9.89. The number of nitrogens with one attached hydrogen (secondary N) is 1. The molecule has 1 aliphatic rings. The van der Waals surface area contributed by atoms with Crippen LogP contribution in [-0.2, 0) is 17.6 Å². The number of ether oxygens (including phenoxy) is 1. The average Bonchev–Trinajstić information content (AvgIpc) is 3.03. The summed E-state index contributed by atoms with van der Waals surface area (Å²) >= 11 is 0. The van der Waals surface area contributed by atoms with Gasteiger partial charge >= 0.3 is 5.97 Å². The molecule has 1 unspecified atom stereocenters. The van der Waals surface area contributed by atoms with Crippen LogP contribution in [-0.4, -0.2) is 40.9 Å². The smallest absolute Gasteiger partial charge is 0.305 e. The van der Waals surface area contributed by atoms with E-state index in [1.807, 2.05) is 0 Å². The number of carboxylic acid groups (broad SMARTS) is 1. The Morgan fingerprint density at radius 3 is 2.97 bits per heavy atom. The molecule has 4 N–H and O–H groups in total. The third-order valence-corrected chi connectivity index (χ3v) is 5.38. The number of nitrogens with two attached hydrogens (primary N) is 1. The summed E-state index contributed by atoms with van der Waals surface area (Å²) in [4.78, 5) is 24.5. The number of anilines is 1. The summed E-state index contributed by atoms with van der Waals surface area (Å²) in [5.74, 6) is 0.562. The number of methoxy groups -OCH3 is 1. The number of aliphatic carboxylic acids is 1. The maximum absolute atomic E-state index is 11.2. The van der Waals surface area contributed by atoms with Gasteiger partial charge in [0.25, 0.3) is 0 Å². The largest absolute Gasteiger partial charge is 0.481 e. The lowest BCUT2D eigenvalue weighted by molar-refractivity contribution is -0.137. The molecule has 0 aromatic carbocycles. The van der Waals surface area contributed by atoms with Gasteiger partial charge in [-0.3, -0.25) is 9.79 Å². The molecule has 0 amide bonds. The molecule has 1 aliphatic heterocycles. The second-order valence-electron chi connectivity index (χ2n) is 7.84. The molecule has 32 heavy (non-hydrogen) atoms. The molecule has 8 nitrogen and oxygen atoms in total. The minimum absolute atomic E-state index is 0.129. The van der Waals surface area contributed by atoms with Crippen molar-refractivity contribution >= 4 is 18.0 Å². The van der Waals surface area contributed by atoms with Crippen LogP contribution in [0.4, 0.5) is 5.82 Å². The van der Waals surface area contributed by atoms with E-state index in [9.17, 15) is 9.90 Å². The number of carboxylic acids is 1. The van der Waals surface area contributed by atoms with Crippen molar-refractivity contribution in [2.45, 2.75) is 51.0 Å². The highest BCUT2D eigenvalue weighted by Crippen LogP contribution is 2.22. The Hall–Kier alpha value is -3.42. The zero-order valence-corrected chi connectivity index (χ0v) is 18.5. The summed E-state index contributed by atoms with van der Waals surface area (Å²) < 4.78 is 5.05. The topological polar surface area (TPSA) is 123 Å². The third kappa shape index (κ3) is 7.08. The zero-order valence-electron chi connectivity index (χ0n) is 18.5. The molecular formula is C24H31N5O3. The summed E-state index contributed by atoms with van der Waals surface area (Å²) in [7, 11) is 1.53. The fourth-order valence-electron chi connectivity index (χ4n) is 3.60. The molecule has 0 saturated heterocycles. The average molecular weight is 438 g/mol. The van der Waals surface area contributed by atoms with Gasteiger partial charge in [-0.05, 0) is 67.9 Å². The molecule has 8 heteroatoms. The van der Waals surface area contributed by atoms with Gasteiger partial charge in [-0.15, -0.1) is 0 Å². The second-order valence-corrected chi connectivity index (χ2v) is 7.84. The highest BCUT2D eigenvalue weighted by molar-refractivity contribution is 5.73. The Kier molecular flexibility index (Phi) is 8.60. The predicted octanol–water partition coefficient (Wildman–Crippen LogP) is 3.69. The fraction of sp³-hybridized carbons (Fsp3) is 0.417. The number of aromatic nitrogens is 2. The van der Waals surface area contributed by atoms with Gasteiger partial charge < -0.3 is 20.9 Å². The molecule has 2 aromatic heterocycles.